The number of nitrogens with two attached hydrogens (primary N) is 1. The van der Waals surface area contributed by atoms with Crippen LogP contribution < -0.4 is 10.5 Å². The minimum absolute atomic E-state index is 0.319. The van der Waals surface area contributed by atoms with Gasteiger partial charge in [-0.05, 0) is 6.07 Å². The molecule has 0 bridgehead atoms. The van der Waals surface area contributed by atoms with Gasteiger partial charge in [-0.25, -0.2) is 4.98 Å². The zero-order valence-corrected chi connectivity index (χ0v) is 9.35. The minimum atomic E-state index is -0.405. The lowest BCUT2D eigenvalue weighted by atomic mass is 10.3. The van der Waals surface area contributed by atoms with Crippen LogP contribution in [0.2, 0.25) is 5.15 Å². The van der Waals surface area contributed by atoms with Gasteiger partial charge in [-0.15, -0.1) is 0 Å². The number of carbonyl (C=O) groups is 1. The van der Waals surface area contributed by atoms with E-state index in [2.05, 4.69) is 4.98 Å². The van der Waals surface area contributed by atoms with Crippen molar-refractivity contribution in [1.29, 1.82) is 0 Å². The number of fused-ring (bicyclic) bond motifs is 1. The molecule has 0 unspecified atom stereocenters. The van der Waals surface area contributed by atoms with Crippen LogP contribution in [0.5, 0.6) is 5.06 Å². The van der Waals surface area contributed by atoms with Gasteiger partial charge < -0.3 is 10.5 Å². The van der Waals surface area contributed by atoms with Crippen molar-refractivity contribution >= 4 is 44.7 Å². The Labute approximate surface area is 94.6 Å². The first-order valence-corrected chi connectivity index (χ1v) is 5.30. The van der Waals surface area contributed by atoms with E-state index in [0.29, 0.717) is 21.3 Å². The summed E-state index contributed by atoms with van der Waals surface area (Å²) >= 11 is 7.16. The minimum Gasteiger partial charge on any atom is -0.413 e. The maximum absolute atomic E-state index is 10.8. The van der Waals surface area contributed by atoms with Crippen LogP contribution in [-0.2, 0) is 4.79 Å². The zero-order valence-electron chi connectivity index (χ0n) is 7.78. The van der Waals surface area contributed by atoms with Crippen LogP contribution in [0.15, 0.2) is 12.3 Å². The summed E-state index contributed by atoms with van der Waals surface area (Å²) in [5.74, 6) is -0.405. The van der Waals surface area contributed by atoms with Crippen molar-refractivity contribution in [2.75, 3.05) is 5.73 Å². The summed E-state index contributed by atoms with van der Waals surface area (Å²) < 4.78 is 5.80. The number of nitrogens with zero attached hydrogens (tertiary/aromatic N) is 1. The first kappa shape index (κ1) is 10.2. The van der Waals surface area contributed by atoms with E-state index in [1.807, 2.05) is 0 Å². The molecule has 2 rings (SSSR count). The number of halogens is 1. The summed E-state index contributed by atoms with van der Waals surface area (Å²) in [7, 11) is 0. The number of rotatable bonds is 1. The predicted molar refractivity (Wildman–Crippen MR) is 60.4 cm³/mol. The number of anilines is 1. The second kappa shape index (κ2) is 3.67. The van der Waals surface area contributed by atoms with E-state index < -0.39 is 5.97 Å². The van der Waals surface area contributed by atoms with Crippen LogP contribution in [0.3, 0.4) is 0 Å². The first-order chi connectivity index (χ1) is 7.09. The fourth-order valence-electron chi connectivity index (χ4n) is 1.21. The van der Waals surface area contributed by atoms with Gasteiger partial charge in [0.05, 0.1) is 11.1 Å². The molecule has 78 valence electrons. The van der Waals surface area contributed by atoms with E-state index in [4.69, 9.17) is 22.1 Å². The number of hydrogen-bond acceptors (Lipinski definition) is 5. The molecule has 0 atom stereocenters. The van der Waals surface area contributed by atoms with Gasteiger partial charge in [0, 0.05) is 17.8 Å². The molecule has 0 radical (unpaired) electrons. The fraction of sp³-hybridized carbons (Fsp3) is 0.111. The number of esters is 1. The maximum atomic E-state index is 10.8. The Morgan fingerprint density at radius 3 is 3.00 bits per heavy atom. The van der Waals surface area contributed by atoms with Gasteiger partial charge >= 0.3 is 5.97 Å². The quantitative estimate of drug-likeness (QED) is 0.616. The first-order valence-electron chi connectivity index (χ1n) is 4.10. The highest BCUT2D eigenvalue weighted by molar-refractivity contribution is 7.21. The molecule has 0 amide bonds. The highest BCUT2D eigenvalue weighted by Gasteiger charge is 2.15. The van der Waals surface area contributed by atoms with Gasteiger partial charge in [0.1, 0.15) is 5.15 Å². The average molecular weight is 243 g/mol. The van der Waals surface area contributed by atoms with Crippen LogP contribution in [0.1, 0.15) is 6.92 Å². The smallest absolute Gasteiger partial charge is 0.308 e. The molecular weight excluding hydrogens is 236 g/mol. The topological polar surface area (TPSA) is 65.2 Å². The molecular formula is C9H7ClN2O2S. The maximum Gasteiger partial charge on any atom is 0.308 e. The van der Waals surface area contributed by atoms with E-state index in [9.17, 15) is 4.79 Å². The number of hydrogen-bond donors (Lipinski definition) is 1. The van der Waals surface area contributed by atoms with Crippen LogP contribution >= 0.6 is 22.9 Å². The van der Waals surface area contributed by atoms with Gasteiger partial charge in [0.2, 0.25) is 5.06 Å². The van der Waals surface area contributed by atoms with E-state index in [1.54, 1.807) is 12.3 Å². The molecule has 2 aromatic heterocycles. The van der Waals surface area contributed by atoms with E-state index in [1.165, 1.54) is 18.3 Å². The summed E-state index contributed by atoms with van der Waals surface area (Å²) in [6, 6.07) is 1.77. The Balaban J connectivity index is 2.64. The summed E-state index contributed by atoms with van der Waals surface area (Å²) in [5.41, 5.74) is 6.16. The van der Waals surface area contributed by atoms with Crippen molar-refractivity contribution in [3.8, 4) is 5.06 Å². The second-order valence-electron chi connectivity index (χ2n) is 2.87. The third kappa shape index (κ3) is 1.75. The second-order valence-corrected chi connectivity index (χ2v) is 4.24. The summed E-state index contributed by atoms with van der Waals surface area (Å²) in [4.78, 5) is 14.7. The molecule has 15 heavy (non-hydrogen) atoms. The summed E-state index contributed by atoms with van der Waals surface area (Å²) in [6.45, 7) is 1.32. The largest absolute Gasteiger partial charge is 0.413 e. The van der Waals surface area contributed by atoms with E-state index >= 15 is 0 Å². The molecule has 0 aliphatic heterocycles. The Kier molecular flexibility index (Phi) is 2.50. The van der Waals surface area contributed by atoms with Crippen molar-refractivity contribution in [3.05, 3.63) is 17.4 Å². The molecule has 2 heterocycles. The molecule has 0 saturated heterocycles. The molecule has 0 aliphatic carbocycles. The van der Waals surface area contributed by atoms with E-state index in [0.717, 1.165) is 4.70 Å². The molecule has 0 fully saturated rings. The van der Waals surface area contributed by atoms with Crippen molar-refractivity contribution in [2.45, 2.75) is 6.92 Å². The summed E-state index contributed by atoms with van der Waals surface area (Å²) in [6.07, 6.45) is 1.58. The van der Waals surface area contributed by atoms with Gasteiger partial charge in [-0.3, -0.25) is 4.79 Å². The van der Waals surface area contributed by atoms with E-state index in [-0.39, 0.29) is 0 Å². The Morgan fingerprint density at radius 1 is 1.67 bits per heavy atom. The lowest BCUT2D eigenvalue weighted by molar-refractivity contribution is -0.131. The summed E-state index contributed by atoms with van der Waals surface area (Å²) in [5, 5.41) is 1.33. The monoisotopic (exact) mass is 242 g/mol. The molecule has 2 N–H and O–H groups in total. The fourth-order valence-corrected chi connectivity index (χ4v) is 2.54. The van der Waals surface area contributed by atoms with Crippen molar-refractivity contribution in [2.24, 2.45) is 0 Å². The number of ether oxygens (including phenoxy) is 1. The Bertz CT molecular complexity index is 538. The Morgan fingerprint density at radius 2 is 2.40 bits per heavy atom. The third-order valence-corrected chi connectivity index (χ3v) is 3.13. The normalized spacial score (nSPS) is 10.5. The number of aromatic nitrogens is 1. The predicted octanol–water partition coefficient (Wildman–Crippen LogP) is 2.46. The van der Waals surface area contributed by atoms with Crippen LogP contribution in [0.4, 0.5) is 5.69 Å². The van der Waals surface area contributed by atoms with Gasteiger partial charge in [-0.1, -0.05) is 22.9 Å². The van der Waals surface area contributed by atoms with Crippen molar-refractivity contribution in [1.82, 2.24) is 4.98 Å². The van der Waals surface area contributed by atoms with Crippen LogP contribution in [-0.4, -0.2) is 11.0 Å². The lowest BCUT2D eigenvalue weighted by Crippen LogP contribution is -2.01. The number of nitrogen functional groups attached to an aromatic ring is 1. The highest BCUT2D eigenvalue weighted by atomic mass is 35.5. The zero-order chi connectivity index (χ0) is 11.0. The van der Waals surface area contributed by atoms with Crippen LogP contribution in [0, 0.1) is 0 Å². The average Bonchev–Trinajstić information content (AvgIpc) is 2.44. The molecule has 6 heteroatoms. The number of pyridine rings is 1. The van der Waals surface area contributed by atoms with Gasteiger partial charge in [0.25, 0.3) is 0 Å². The molecule has 0 spiro atoms. The van der Waals surface area contributed by atoms with Crippen LogP contribution in [0.25, 0.3) is 10.1 Å². The van der Waals surface area contributed by atoms with Gasteiger partial charge in [-0.2, -0.15) is 0 Å². The SMILES string of the molecule is CC(=O)Oc1sc2ccnc(Cl)c2c1N. The molecule has 0 aliphatic rings. The van der Waals surface area contributed by atoms with Crippen molar-refractivity contribution < 1.29 is 9.53 Å². The Hall–Kier alpha value is -1.33. The lowest BCUT2D eigenvalue weighted by Gasteiger charge is -1.97. The highest BCUT2D eigenvalue weighted by Crippen LogP contribution is 2.42. The molecule has 4 nitrogen and oxygen atoms in total. The number of carbonyl (C=O) groups excluding carboxylic acids is 1. The third-order valence-electron chi connectivity index (χ3n) is 1.79. The van der Waals surface area contributed by atoms with Crippen molar-refractivity contribution in [3.63, 3.8) is 0 Å². The molecule has 0 aromatic carbocycles. The standard InChI is InChI=1S/C9H7ClN2O2S/c1-4(13)14-9-7(11)6-5(15-9)2-3-12-8(6)10/h2-3H,11H2,1H3. The molecule has 2 aromatic rings. The molecule has 0 saturated carbocycles. The van der Waals surface area contributed by atoms with Gasteiger partial charge in [0.15, 0.2) is 0 Å². The number of thiophene rings is 1.